The highest BCUT2D eigenvalue weighted by atomic mass is 16.2. The maximum absolute atomic E-state index is 12.9. The molecule has 0 bridgehead atoms. The van der Waals surface area contributed by atoms with Crippen LogP contribution >= 0.6 is 0 Å². The van der Waals surface area contributed by atoms with E-state index >= 15 is 0 Å². The third-order valence-electron chi connectivity index (χ3n) is 6.08. The van der Waals surface area contributed by atoms with Crippen molar-refractivity contribution in [2.24, 2.45) is 5.92 Å². The van der Waals surface area contributed by atoms with Crippen molar-refractivity contribution < 1.29 is 14.4 Å². The Kier molecular flexibility index (Phi) is 6.07. The first-order valence-electron chi connectivity index (χ1n) is 11.0. The molecule has 0 spiro atoms. The van der Waals surface area contributed by atoms with Gasteiger partial charge in [0, 0.05) is 43.9 Å². The van der Waals surface area contributed by atoms with E-state index in [0.29, 0.717) is 31.1 Å². The number of hydrogen-bond donors (Lipinski definition) is 1. The van der Waals surface area contributed by atoms with Crippen molar-refractivity contribution in [3.05, 3.63) is 59.7 Å². The summed E-state index contributed by atoms with van der Waals surface area (Å²) in [5.41, 5.74) is 3.71. The van der Waals surface area contributed by atoms with Crippen LogP contribution in [0.25, 0.3) is 0 Å². The van der Waals surface area contributed by atoms with E-state index < -0.39 is 0 Å². The highest BCUT2D eigenvalue weighted by Gasteiger charge is 2.35. The van der Waals surface area contributed by atoms with E-state index in [-0.39, 0.29) is 30.1 Å². The SMILES string of the molecule is CC(C)c1cccc(N2CC(C(=O)Nc3cccc(CN4CCCC4=O)c3)CC2=O)c1. The number of rotatable bonds is 6. The fourth-order valence-corrected chi connectivity index (χ4v) is 4.27. The molecule has 2 aromatic rings. The number of nitrogens with one attached hydrogen (secondary N) is 1. The first-order chi connectivity index (χ1) is 14.9. The van der Waals surface area contributed by atoms with Crippen molar-refractivity contribution in [3.63, 3.8) is 0 Å². The van der Waals surface area contributed by atoms with E-state index in [4.69, 9.17) is 0 Å². The Bertz CT molecular complexity index is 1000. The molecular formula is C25H29N3O3. The summed E-state index contributed by atoms with van der Waals surface area (Å²) in [6.07, 6.45) is 1.73. The van der Waals surface area contributed by atoms with Gasteiger partial charge in [-0.25, -0.2) is 0 Å². The average molecular weight is 420 g/mol. The van der Waals surface area contributed by atoms with Crippen molar-refractivity contribution in [1.29, 1.82) is 0 Å². The quantitative estimate of drug-likeness (QED) is 0.771. The van der Waals surface area contributed by atoms with Gasteiger partial charge in [-0.3, -0.25) is 14.4 Å². The molecule has 3 amide bonds. The number of hydrogen-bond acceptors (Lipinski definition) is 3. The van der Waals surface area contributed by atoms with Crippen molar-refractivity contribution in [2.75, 3.05) is 23.3 Å². The van der Waals surface area contributed by atoms with Crippen LogP contribution in [0.4, 0.5) is 11.4 Å². The molecule has 0 saturated carbocycles. The van der Waals surface area contributed by atoms with Crippen molar-refractivity contribution >= 4 is 29.1 Å². The zero-order valence-electron chi connectivity index (χ0n) is 18.1. The zero-order chi connectivity index (χ0) is 22.0. The van der Waals surface area contributed by atoms with Crippen LogP contribution in [0, 0.1) is 5.92 Å². The number of nitrogens with zero attached hydrogens (tertiary/aromatic N) is 2. The summed E-state index contributed by atoms with van der Waals surface area (Å²) in [6, 6.07) is 15.6. The van der Waals surface area contributed by atoms with Crippen LogP contribution < -0.4 is 10.2 Å². The number of amides is 3. The molecule has 2 fully saturated rings. The Morgan fingerprint density at radius 2 is 1.90 bits per heavy atom. The molecule has 2 heterocycles. The van der Waals surface area contributed by atoms with Crippen LogP contribution in [-0.2, 0) is 20.9 Å². The number of carbonyl (C=O) groups is 3. The fourth-order valence-electron chi connectivity index (χ4n) is 4.27. The predicted molar refractivity (Wildman–Crippen MR) is 121 cm³/mol. The minimum atomic E-state index is -0.390. The van der Waals surface area contributed by atoms with E-state index in [9.17, 15) is 14.4 Å². The Morgan fingerprint density at radius 3 is 2.65 bits per heavy atom. The number of anilines is 2. The predicted octanol–water partition coefficient (Wildman–Crippen LogP) is 3.92. The second-order valence-corrected chi connectivity index (χ2v) is 8.76. The zero-order valence-corrected chi connectivity index (χ0v) is 18.1. The smallest absolute Gasteiger partial charge is 0.229 e. The lowest BCUT2D eigenvalue weighted by molar-refractivity contribution is -0.128. The summed E-state index contributed by atoms with van der Waals surface area (Å²) in [7, 11) is 0. The molecule has 0 aromatic heterocycles. The largest absolute Gasteiger partial charge is 0.338 e. The Labute approximate surface area is 183 Å². The topological polar surface area (TPSA) is 69.7 Å². The van der Waals surface area contributed by atoms with Gasteiger partial charge in [0.05, 0.1) is 5.92 Å². The monoisotopic (exact) mass is 419 g/mol. The molecule has 2 aliphatic rings. The van der Waals surface area contributed by atoms with Gasteiger partial charge in [-0.2, -0.15) is 0 Å². The molecule has 2 saturated heterocycles. The Balaban J connectivity index is 1.40. The summed E-state index contributed by atoms with van der Waals surface area (Å²) in [4.78, 5) is 40.9. The van der Waals surface area contributed by atoms with Gasteiger partial charge in [0.1, 0.15) is 0 Å². The van der Waals surface area contributed by atoms with Crippen LogP contribution in [0.2, 0.25) is 0 Å². The standard InChI is InChI=1S/C25H29N3O3/c1-17(2)19-7-4-9-22(13-19)28-16-20(14-24(28)30)25(31)26-21-8-3-6-18(12-21)15-27-11-5-10-23(27)29/h3-4,6-9,12-13,17,20H,5,10-11,14-16H2,1-2H3,(H,26,31). The molecule has 2 aliphatic heterocycles. The van der Waals surface area contributed by atoms with Crippen LogP contribution in [-0.4, -0.2) is 35.7 Å². The number of carbonyl (C=O) groups excluding carboxylic acids is 3. The van der Waals surface area contributed by atoms with Crippen LogP contribution in [0.15, 0.2) is 48.5 Å². The number of benzene rings is 2. The van der Waals surface area contributed by atoms with Crippen LogP contribution in [0.5, 0.6) is 0 Å². The van der Waals surface area contributed by atoms with Gasteiger partial charge in [-0.15, -0.1) is 0 Å². The molecule has 1 atom stereocenters. The van der Waals surface area contributed by atoms with Gasteiger partial charge in [0.2, 0.25) is 17.7 Å². The van der Waals surface area contributed by atoms with E-state index in [1.165, 1.54) is 5.56 Å². The minimum absolute atomic E-state index is 0.0256. The third kappa shape index (κ3) is 4.79. The molecule has 1 N–H and O–H groups in total. The van der Waals surface area contributed by atoms with Crippen LogP contribution in [0.1, 0.15) is 50.2 Å². The Hall–Kier alpha value is -3.15. The normalized spacial score (nSPS) is 18.9. The highest BCUT2D eigenvalue weighted by Crippen LogP contribution is 2.28. The van der Waals surface area contributed by atoms with E-state index in [0.717, 1.165) is 24.2 Å². The molecule has 4 rings (SSSR count). The van der Waals surface area contributed by atoms with Gasteiger partial charge in [0.25, 0.3) is 0 Å². The molecule has 2 aromatic carbocycles. The van der Waals surface area contributed by atoms with Gasteiger partial charge in [0.15, 0.2) is 0 Å². The van der Waals surface area contributed by atoms with E-state index in [1.807, 2.05) is 47.4 Å². The van der Waals surface area contributed by atoms with Crippen molar-refractivity contribution in [2.45, 2.75) is 45.6 Å². The Morgan fingerprint density at radius 1 is 1.10 bits per heavy atom. The molecule has 31 heavy (non-hydrogen) atoms. The number of likely N-dealkylation sites (tertiary alicyclic amines) is 1. The molecule has 6 nitrogen and oxygen atoms in total. The average Bonchev–Trinajstić information content (AvgIpc) is 3.34. The first-order valence-corrected chi connectivity index (χ1v) is 11.0. The van der Waals surface area contributed by atoms with Gasteiger partial charge in [-0.1, -0.05) is 38.1 Å². The summed E-state index contributed by atoms with van der Waals surface area (Å²) in [5, 5.41) is 2.96. The molecule has 6 heteroatoms. The molecule has 0 aliphatic carbocycles. The van der Waals surface area contributed by atoms with Crippen LogP contribution in [0.3, 0.4) is 0 Å². The second-order valence-electron chi connectivity index (χ2n) is 8.76. The first kappa shape index (κ1) is 21.1. The molecule has 162 valence electrons. The van der Waals surface area contributed by atoms with Crippen molar-refractivity contribution in [3.8, 4) is 0 Å². The summed E-state index contributed by atoms with van der Waals surface area (Å²) < 4.78 is 0. The lowest BCUT2D eigenvalue weighted by Gasteiger charge is -2.19. The summed E-state index contributed by atoms with van der Waals surface area (Å²) in [6.45, 7) is 5.97. The van der Waals surface area contributed by atoms with Gasteiger partial charge in [-0.05, 0) is 47.7 Å². The maximum atomic E-state index is 12.9. The summed E-state index contributed by atoms with van der Waals surface area (Å²) >= 11 is 0. The van der Waals surface area contributed by atoms with Gasteiger partial charge < -0.3 is 15.1 Å². The molecular weight excluding hydrogens is 390 g/mol. The minimum Gasteiger partial charge on any atom is -0.338 e. The lowest BCUT2D eigenvalue weighted by atomic mass is 10.0. The lowest BCUT2D eigenvalue weighted by Crippen LogP contribution is -2.28. The maximum Gasteiger partial charge on any atom is 0.229 e. The summed E-state index contributed by atoms with van der Waals surface area (Å²) in [5.74, 6) is -0.00736. The third-order valence-corrected chi connectivity index (χ3v) is 6.08. The van der Waals surface area contributed by atoms with E-state index in [1.54, 1.807) is 4.90 Å². The molecule has 1 unspecified atom stereocenters. The second kappa shape index (κ2) is 8.92. The van der Waals surface area contributed by atoms with E-state index in [2.05, 4.69) is 25.2 Å². The highest BCUT2D eigenvalue weighted by molar-refractivity contribution is 6.03. The molecule has 0 radical (unpaired) electrons. The fraction of sp³-hybridized carbons (Fsp3) is 0.400. The van der Waals surface area contributed by atoms with Crippen molar-refractivity contribution in [1.82, 2.24) is 4.90 Å². The van der Waals surface area contributed by atoms with Gasteiger partial charge >= 0.3 is 0 Å².